The molecule has 0 rings (SSSR count). The largest absolute Gasteiger partial charge is 0.435 e. The zero-order valence-electron chi connectivity index (χ0n) is 7.66. The molecule has 2 unspecified atom stereocenters. The molecule has 3 nitrogen and oxygen atoms in total. The van der Waals surface area contributed by atoms with Crippen LogP contribution >= 0.6 is 25.3 Å². The van der Waals surface area contributed by atoms with Crippen molar-refractivity contribution in [3.8, 4) is 0 Å². The van der Waals surface area contributed by atoms with Gasteiger partial charge in [0.1, 0.15) is 0 Å². The second-order valence-corrected chi connectivity index (χ2v) is 5.81. The van der Waals surface area contributed by atoms with Gasteiger partial charge in [-0.2, -0.15) is 12.6 Å². The van der Waals surface area contributed by atoms with Crippen LogP contribution in [0, 0.1) is 0 Å². The monoisotopic (exact) mass is 289 g/mol. The molecular formula is C4H9F5N2OP3+. The SMILES string of the molecule is CCOCC[P+](F)=NP(F)N(F)P(F)F. The third-order valence-electron chi connectivity index (χ3n) is 1.06. The molecule has 0 aromatic carbocycles. The molecule has 90 valence electrons. The van der Waals surface area contributed by atoms with Crippen molar-refractivity contribution >= 4 is 25.3 Å². The van der Waals surface area contributed by atoms with Crippen LogP contribution in [0.25, 0.3) is 0 Å². The summed E-state index contributed by atoms with van der Waals surface area (Å²) in [5.41, 5.74) is 0. The van der Waals surface area contributed by atoms with Gasteiger partial charge >= 0.3 is 25.3 Å². The molecule has 15 heavy (non-hydrogen) atoms. The summed E-state index contributed by atoms with van der Waals surface area (Å²) in [6, 6.07) is 0. The van der Waals surface area contributed by atoms with Gasteiger partial charge in [0.25, 0.3) is 0 Å². The first-order valence-corrected chi connectivity index (χ1v) is 7.33. The number of hydrogen-bond acceptors (Lipinski definition) is 3. The van der Waals surface area contributed by atoms with Crippen LogP contribution in [0.5, 0.6) is 0 Å². The van der Waals surface area contributed by atoms with Crippen LogP contribution in [0.3, 0.4) is 0 Å². The maximum atomic E-state index is 12.8. The van der Waals surface area contributed by atoms with Gasteiger partial charge in [0.2, 0.25) is 0 Å². The van der Waals surface area contributed by atoms with Crippen molar-refractivity contribution in [1.29, 1.82) is 0 Å². The molecule has 0 aliphatic rings. The van der Waals surface area contributed by atoms with E-state index >= 15 is 0 Å². The van der Waals surface area contributed by atoms with Crippen molar-refractivity contribution in [2.45, 2.75) is 6.92 Å². The zero-order valence-corrected chi connectivity index (χ0v) is 10.3. The van der Waals surface area contributed by atoms with Gasteiger partial charge in [-0.25, -0.2) is 0 Å². The van der Waals surface area contributed by atoms with Gasteiger partial charge in [0.05, 0.1) is 6.61 Å². The van der Waals surface area contributed by atoms with Gasteiger partial charge in [-0.05, 0) is 6.92 Å². The highest BCUT2D eigenvalue weighted by Crippen LogP contribution is 2.62. The maximum Gasteiger partial charge on any atom is 0.435 e. The molecule has 0 bridgehead atoms. The van der Waals surface area contributed by atoms with Crippen molar-refractivity contribution in [1.82, 2.24) is 4.66 Å². The lowest BCUT2D eigenvalue weighted by molar-refractivity contribution is 0.163. The Labute approximate surface area is 87.5 Å². The van der Waals surface area contributed by atoms with Gasteiger partial charge in [-0.1, -0.05) is 0 Å². The average molecular weight is 289 g/mol. The van der Waals surface area contributed by atoms with Gasteiger partial charge in [-0.3, -0.25) is 0 Å². The van der Waals surface area contributed by atoms with Crippen molar-refractivity contribution in [2.24, 2.45) is 4.52 Å². The molecular weight excluding hydrogens is 280 g/mol. The van der Waals surface area contributed by atoms with Crippen LogP contribution < -0.4 is 0 Å². The molecule has 2 atom stereocenters. The van der Waals surface area contributed by atoms with Crippen LogP contribution in [0.1, 0.15) is 6.92 Å². The molecule has 0 aliphatic carbocycles. The van der Waals surface area contributed by atoms with Gasteiger partial charge < -0.3 is 4.74 Å². The minimum atomic E-state index is -4.21. The third kappa shape index (κ3) is 7.42. The predicted octanol–water partition coefficient (Wildman–Crippen LogP) is 5.12. The standard InChI is InChI=1S/C4H9F5N2OP3/c1-2-12-3-4-13(6)10-15(9)11(5)14(7)8/h2-4H2,1H3/q+1. The first-order valence-electron chi connectivity index (χ1n) is 3.75. The number of nitrogens with zero attached hydrogens (tertiary/aromatic N) is 2. The summed E-state index contributed by atoms with van der Waals surface area (Å²) < 4.78 is 66.8. The van der Waals surface area contributed by atoms with Gasteiger partial charge in [0.15, 0.2) is 6.16 Å². The lowest BCUT2D eigenvalue weighted by Crippen LogP contribution is -1.94. The van der Waals surface area contributed by atoms with E-state index in [2.05, 4.69) is 4.52 Å². The van der Waals surface area contributed by atoms with Crippen LogP contribution in [0.15, 0.2) is 4.52 Å². The molecule has 0 aromatic rings. The summed E-state index contributed by atoms with van der Waals surface area (Å²) in [7, 11) is -10.4. The fourth-order valence-corrected chi connectivity index (χ4v) is 2.81. The van der Waals surface area contributed by atoms with Crippen LogP contribution in [0.4, 0.5) is 21.3 Å². The van der Waals surface area contributed by atoms with E-state index in [0.29, 0.717) is 6.61 Å². The fraction of sp³-hybridized carbons (Fsp3) is 1.00. The fourth-order valence-electron chi connectivity index (χ4n) is 0.498. The number of halogens is 5. The van der Waals surface area contributed by atoms with Crippen molar-refractivity contribution in [3.05, 3.63) is 0 Å². The smallest absolute Gasteiger partial charge is 0.377 e. The summed E-state index contributed by atoms with van der Waals surface area (Å²) in [5.74, 6) is 0. The van der Waals surface area contributed by atoms with Crippen LogP contribution in [-0.4, -0.2) is 24.0 Å². The quantitative estimate of drug-likeness (QED) is 0.281. The maximum absolute atomic E-state index is 12.8. The second kappa shape index (κ2) is 8.66. The normalized spacial score (nSPS) is 15.1. The lowest BCUT2D eigenvalue weighted by Gasteiger charge is -2.04. The van der Waals surface area contributed by atoms with E-state index in [1.165, 1.54) is 0 Å². The Bertz CT molecular complexity index is 209. The summed E-state index contributed by atoms with van der Waals surface area (Å²) in [5, 5.41) is 0. The molecule has 0 saturated carbocycles. The summed E-state index contributed by atoms with van der Waals surface area (Å²) >= 11 is 0. The third-order valence-corrected chi connectivity index (χ3v) is 4.34. The molecule has 0 aliphatic heterocycles. The van der Waals surface area contributed by atoms with E-state index in [1.807, 2.05) is 0 Å². The molecule has 0 saturated heterocycles. The zero-order chi connectivity index (χ0) is 11.8. The molecule has 0 fully saturated rings. The molecule has 0 amide bonds. The molecule has 0 heterocycles. The van der Waals surface area contributed by atoms with Crippen molar-refractivity contribution in [2.75, 3.05) is 19.4 Å². The lowest BCUT2D eigenvalue weighted by atomic mass is 10.8. The summed E-state index contributed by atoms with van der Waals surface area (Å²) in [4.78, 5) is 0. The number of rotatable bonds is 7. The summed E-state index contributed by atoms with van der Waals surface area (Å²) in [6.45, 7) is 2.06. The number of hydrogen-bond donors (Lipinski definition) is 0. The molecule has 11 heteroatoms. The molecule has 0 spiro atoms. The highest BCUT2D eigenvalue weighted by Gasteiger charge is 2.33. The highest BCUT2D eigenvalue weighted by atomic mass is 31.3. The Kier molecular flexibility index (Phi) is 8.96. The molecule has 0 radical (unpaired) electrons. The van der Waals surface area contributed by atoms with E-state index in [-0.39, 0.29) is 12.8 Å². The van der Waals surface area contributed by atoms with Crippen molar-refractivity contribution < 1.29 is 26.0 Å². The predicted molar refractivity (Wildman–Crippen MR) is 51.9 cm³/mol. The molecule has 0 aromatic heterocycles. The Hall–Kier alpha value is 0.530. The molecule has 0 N–H and O–H groups in total. The Morgan fingerprint density at radius 1 is 1.40 bits per heavy atom. The van der Waals surface area contributed by atoms with Crippen molar-refractivity contribution in [3.63, 3.8) is 0 Å². The van der Waals surface area contributed by atoms with Gasteiger partial charge in [0, 0.05) is 20.0 Å². The van der Waals surface area contributed by atoms with E-state index in [9.17, 15) is 21.3 Å². The van der Waals surface area contributed by atoms with Gasteiger partial charge in [-0.15, -0.1) is 4.48 Å². The topological polar surface area (TPSA) is 24.8 Å². The Morgan fingerprint density at radius 2 is 2.00 bits per heavy atom. The Balaban J connectivity index is 3.99. The highest BCUT2D eigenvalue weighted by molar-refractivity contribution is 7.65. The minimum absolute atomic E-state index is 0.0116. The Morgan fingerprint density at radius 3 is 2.47 bits per heavy atom. The van der Waals surface area contributed by atoms with E-state index in [4.69, 9.17) is 4.74 Å². The average Bonchev–Trinajstić information content (AvgIpc) is 2.16. The summed E-state index contributed by atoms with van der Waals surface area (Å²) in [6.07, 6.45) is -0.212. The minimum Gasteiger partial charge on any atom is -0.377 e. The van der Waals surface area contributed by atoms with E-state index in [0.717, 1.165) is 0 Å². The van der Waals surface area contributed by atoms with E-state index in [1.54, 1.807) is 6.92 Å². The van der Waals surface area contributed by atoms with Crippen LogP contribution in [0.2, 0.25) is 0 Å². The second-order valence-electron chi connectivity index (χ2n) is 2.04. The van der Waals surface area contributed by atoms with Crippen LogP contribution in [-0.2, 0) is 4.74 Å². The van der Waals surface area contributed by atoms with E-state index < -0.39 is 29.9 Å². The first-order chi connectivity index (χ1) is 6.99. The first kappa shape index (κ1) is 15.5. The number of ether oxygens (including phenoxy) is 1.